The highest BCUT2D eigenvalue weighted by Gasteiger charge is 2.29. The van der Waals surface area contributed by atoms with Crippen LogP contribution in [0.25, 0.3) is 11.3 Å². The maximum absolute atomic E-state index is 13.4. The van der Waals surface area contributed by atoms with E-state index < -0.39 is 0 Å². The Kier molecular flexibility index (Phi) is 8.36. The summed E-state index contributed by atoms with van der Waals surface area (Å²) in [5, 5.41) is 8.40. The monoisotopic (exact) mass is 495 g/mol. The van der Waals surface area contributed by atoms with E-state index in [2.05, 4.69) is 44.2 Å². The molecule has 1 saturated heterocycles. The van der Waals surface area contributed by atoms with E-state index in [-0.39, 0.29) is 5.82 Å². The van der Waals surface area contributed by atoms with Gasteiger partial charge in [-0.1, -0.05) is 35.5 Å². The van der Waals surface area contributed by atoms with Gasteiger partial charge in [-0.05, 0) is 76.8 Å². The number of nitrogens with zero attached hydrogens (tertiary/aromatic N) is 4. The van der Waals surface area contributed by atoms with Crippen LogP contribution in [0, 0.1) is 5.82 Å². The summed E-state index contributed by atoms with van der Waals surface area (Å²) in [6, 6.07) is 16.8. The molecule has 2 heterocycles. The first-order valence-electron chi connectivity index (χ1n) is 12.2. The second-order valence-corrected chi connectivity index (χ2v) is 9.77. The van der Waals surface area contributed by atoms with Gasteiger partial charge in [0.2, 0.25) is 5.88 Å². The molecule has 1 fully saturated rings. The largest absolute Gasteiger partial charge is 0.343 e. The van der Waals surface area contributed by atoms with Crippen LogP contribution in [0.1, 0.15) is 31.7 Å². The Morgan fingerprint density at radius 1 is 1.11 bits per heavy atom. The van der Waals surface area contributed by atoms with Crippen molar-refractivity contribution in [1.82, 2.24) is 15.0 Å². The molecule has 6 nitrogen and oxygen atoms in total. The quantitative estimate of drug-likeness (QED) is 0.407. The molecule has 4 rings (SSSR count). The first-order chi connectivity index (χ1) is 16.9. The topological polar surface area (TPSA) is 47.8 Å². The van der Waals surface area contributed by atoms with E-state index in [1.165, 1.54) is 18.6 Å². The number of halogens is 1. The highest BCUT2D eigenvalue weighted by Crippen LogP contribution is 2.35. The fraction of sp³-hybridized carbons (Fsp3) is 0.407. The molecule has 2 aromatic carbocycles. The third-order valence-corrected chi connectivity index (χ3v) is 6.79. The van der Waals surface area contributed by atoms with Crippen LogP contribution in [0.2, 0.25) is 0 Å². The lowest BCUT2D eigenvalue weighted by Crippen LogP contribution is -2.40. The minimum atomic E-state index is -0.275. The molecule has 0 saturated carbocycles. The standard InChI is InChI=1S/C27H34FN5OS/c1-20-9-7-8-16-33(20)26-24(25(30-34-26)21-10-5-4-6-11-21)19-32(18-17-31(2)3)27(35)29-23-14-12-22(28)13-15-23/h4-6,10-15,20H,7-9,16-19H2,1-3H3,(H,29,35). The molecule has 0 spiro atoms. The number of nitrogens with one attached hydrogen (secondary N) is 1. The van der Waals surface area contributed by atoms with E-state index in [9.17, 15) is 4.39 Å². The maximum atomic E-state index is 13.4. The van der Waals surface area contributed by atoms with E-state index >= 15 is 0 Å². The van der Waals surface area contributed by atoms with E-state index in [0.717, 1.165) is 54.3 Å². The van der Waals surface area contributed by atoms with Gasteiger partial charge in [0.25, 0.3) is 0 Å². The number of piperidine rings is 1. The van der Waals surface area contributed by atoms with Crippen molar-refractivity contribution in [3.63, 3.8) is 0 Å². The number of hydrogen-bond acceptors (Lipinski definition) is 5. The lowest BCUT2D eigenvalue weighted by molar-refractivity contribution is 0.326. The third kappa shape index (κ3) is 6.38. The Balaban J connectivity index is 1.67. The normalized spacial score (nSPS) is 15.9. The van der Waals surface area contributed by atoms with E-state index in [1.54, 1.807) is 12.1 Å². The molecule has 35 heavy (non-hydrogen) atoms. The zero-order valence-electron chi connectivity index (χ0n) is 20.7. The SMILES string of the molecule is CC1CCCCN1c1onc(-c2ccccc2)c1CN(CCN(C)C)C(=S)Nc1ccc(F)cc1. The number of aromatic nitrogens is 1. The zero-order chi connectivity index (χ0) is 24.8. The number of benzene rings is 2. The number of likely N-dealkylation sites (N-methyl/N-ethyl adjacent to an activating group) is 1. The van der Waals surface area contributed by atoms with Gasteiger partial charge in [-0.15, -0.1) is 0 Å². The average molecular weight is 496 g/mol. The van der Waals surface area contributed by atoms with Gasteiger partial charge in [0.1, 0.15) is 11.5 Å². The summed E-state index contributed by atoms with van der Waals surface area (Å²) in [6.45, 7) is 5.29. The molecule has 1 N–H and O–H groups in total. The highest BCUT2D eigenvalue weighted by atomic mass is 32.1. The summed E-state index contributed by atoms with van der Waals surface area (Å²) in [6.07, 6.45) is 3.50. The molecule has 1 aliphatic heterocycles. The van der Waals surface area contributed by atoms with Crippen molar-refractivity contribution in [3.8, 4) is 11.3 Å². The van der Waals surface area contributed by atoms with E-state index in [1.807, 2.05) is 32.3 Å². The summed E-state index contributed by atoms with van der Waals surface area (Å²) in [7, 11) is 4.09. The van der Waals surface area contributed by atoms with Crippen molar-refractivity contribution in [2.24, 2.45) is 0 Å². The molecule has 1 aromatic heterocycles. The molecule has 3 aromatic rings. The van der Waals surface area contributed by atoms with Crippen LogP contribution in [-0.2, 0) is 6.54 Å². The van der Waals surface area contributed by atoms with E-state index in [0.29, 0.717) is 24.2 Å². The minimum Gasteiger partial charge on any atom is -0.343 e. The maximum Gasteiger partial charge on any atom is 0.233 e. The first-order valence-corrected chi connectivity index (χ1v) is 12.6. The van der Waals surface area contributed by atoms with Crippen LogP contribution in [-0.4, -0.2) is 59.8 Å². The van der Waals surface area contributed by atoms with Crippen molar-refractivity contribution in [1.29, 1.82) is 0 Å². The van der Waals surface area contributed by atoms with E-state index in [4.69, 9.17) is 16.7 Å². The molecule has 1 atom stereocenters. The molecule has 0 bridgehead atoms. The van der Waals surface area contributed by atoms with Crippen molar-refractivity contribution in [2.75, 3.05) is 43.9 Å². The minimum absolute atomic E-state index is 0.275. The van der Waals surface area contributed by atoms with Crippen LogP contribution < -0.4 is 10.2 Å². The number of rotatable bonds is 8. The van der Waals surface area contributed by atoms with Gasteiger partial charge < -0.3 is 24.5 Å². The molecule has 8 heteroatoms. The number of thiocarbonyl (C=S) groups is 1. The Morgan fingerprint density at radius 2 is 1.86 bits per heavy atom. The summed E-state index contributed by atoms with van der Waals surface area (Å²) < 4.78 is 19.4. The van der Waals surface area contributed by atoms with Gasteiger partial charge in [0.05, 0.1) is 12.1 Å². The van der Waals surface area contributed by atoms with Crippen molar-refractivity contribution in [2.45, 2.75) is 38.8 Å². The van der Waals surface area contributed by atoms with Crippen LogP contribution in [0.3, 0.4) is 0 Å². The molecule has 1 unspecified atom stereocenters. The van der Waals surface area contributed by atoms with Gasteiger partial charge in [0.15, 0.2) is 5.11 Å². The van der Waals surface area contributed by atoms with Gasteiger partial charge in [-0.2, -0.15) is 0 Å². The van der Waals surface area contributed by atoms with Gasteiger partial charge >= 0.3 is 0 Å². The lowest BCUT2D eigenvalue weighted by Gasteiger charge is -2.34. The number of anilines is 2. The molecular weight excluding hydrogens is 461 g/mol. The van der Waals surface area contributed by atoms with Crippen LogP contribution >= 0.6 is 12.2 Å². The molecule has 0 aliphatic carbocycles. The van der Waals surface area contributed by atoms with Crippen molar-refractivity contribution >= 4 is 28.9 Å². The predicted octanol–water partition coefficient (Wildman–Crippen LogP) is 5.62. The second-order valence-electron chi connectivity index (χ2n) is 9.38. The molecule has 186 valence electrons. The Labute approximate surface area is 212 Å². The van der Waals surface area contributed by atoms with Gasteiger partial charge in [-0.25, -0.2) is 4.39 Å². The molecular formula is C27H34FN5OS. The fourth-order valence-electron chi connectivity index (χ4n) is 4.39. The molecule has 0 radical (unpaired) electrons. The zero-order valence-corrected chi connectivity index (χ0v) is 21.5. The Hall–Kier alpha value is -2.97. The second kappa shape index (κ2) is 11.6. The van der Waals surface area contributed by atoms with Gasteiger partial charge in [0, 0.05) is 36.9 Å². The molecule has 0 amide bonds. The number of hydrogen-bond donors (Lipinski definition) is 1. The van der Waals surface area contributed by atoms with Gasteiger partial charge in [-0.3, -0.25) is 0 Å². The summed E-state index contributed by atoms with van der Waals surface area (Å²) in [5.41, 5.74) is 3.65. The summed E-state index contributed by atoms with van der Waals surface area (Å²) in [4.78, 5) is 6.61. The fourth-order valence-corrected chi connectivity index (χ4v) is 4.66. The Morgan fingerprint density at radius 3 is 2.54 bits per heavy atom. The Bertz CT molecular complexity index is 1100. The molecule has 1 aliphatic rings. The van der Waals surface area contributed by atoms with Crippen LogP contribution in [0.5, 0.6) is 0 Å². The highest BCUT2D eigenvalue weighted by molar-refractivity contribution is 7.80. The summed E-state index contributed by atoms with van der Waals surface area (Å²) in [5.74, 6) is 0.554. The summed E-state index contributed by atoms with van der Waals surface area (Å²) >= 11 is 5.84. The van der Waals surface area contributed by atoms with Crippen LogP contribution in [0.15, 0.2) is 59.1 Å². The van der Waals surface area contributed by atoms with Crippen molar-refractivity contribution < 1.29 is 8.91 Å². The average Bonchev–Trinajstić information content (AvgIpc) is 3.27. The predicted molar refractivity (Wildman–Crippen MR) is 144 cm³/mol. The van der Waals surface area contributed by atoms with Crippen LogP contribution in [0.4, 0.5) is 16.0 Å². The third-order valence-electron chi connectivity index (χ3n) is 6.43. The first kappa shape index (κ1) is 25.1. The smallest absolute Gasteiger partial charge is 0.233 e. The lowest BCUT2D eigenvalue weighted by atomic mass is 10.0. The van der Waals surface area contributed by atoms with Crippen molar-refractivity contribution in [3.05, 3.63) is 66.0 Å².